The van der Waals surface area contributed by atoms with E-state index in [1.165, 1.54) is 13.2 Å². The van der Waals surface area contributed by atoms with E-state index in [0.29, 0.717) is 32.8 Å². The monoisotopic (exact) mass is 475 g/mol. The standard InChI is InChI=1S/C23H23BrFNO4/c1-26-8-6-14(7-9-26)20-17(28-2)12-18(29-3)21-22(27)19(30-23(20)21)11-13-4-5-16(25)15(24)10-13/h4-5,10-12,14H,6-9H2,1-3H3/b19-11-. The smallest absolute Gasteiger partial charge is 0.235 e. The molecule has 0 amide bonds. The van der Waals surface area contributed by atoms with Crippen molar-refractivity contribution in [1.29, 1.82) is 0 Å². The van der Waals surface area contributed by atoms with E-state index >= 15 is 0 Å². The zero-order valence-corrected chi connectivity index (χ0v) is 18.7. The normalized spacial score (nSPS) is 18.4. The molecule has 2 aliphatic heterocycles. The van der Waals surface area contributed by atoms with Gasteiger partial charge in [-0.05, 0) is 78.6 Å². The van der Waals surface area contributed by atoms with Crippen molar-refractivity contribution >= 4 is 27.8 Å². The van der Waals surface area contributed by atoms with E-state index in [9.17, 15) is 9.18 Å². The van der Waals surface area contributed by atoms with Crippen LogP contribution in [0.25, 0.3) is 6.08 Å². The maximum Gasteiger partial charge on any atom is 0.235 e. The number of nitrogens with zero attached hydrogens (tertiary/aromatic N) is 1. The van der Waals surface area contributed by atoms with Crippen LogP contribution in [0.1, 0.15) is 40.2 Å². The van der Waals surface area contributed by atoms with Crippen molar-refractivity contribution in [1.82, 2.24) is 4.90 Å². The molecule has 0 radical (unpaired) electrons. The highest BCUT2D eigenvalue weighted by Crippen LogP contribution is 2.50. The summed E-state index contributed by atoms with van der Waals surface area (Å²) < 4.78 is 31.2. The third-order valence-corrected chi connectivity index (χ3v) is 6.32. The van der Waals surface area contributed by atoms with Gasteiger partial charge < -0.3 is 19.1 Å². The first-order valence-corrected chi connectivity index (χ1v) is 10.6. The fourth-order valence-electron chi connectivity index (χ4n) is 4.09. The molecule has 5 nitrogen and oxygen atoms in total. The van der Waals surface area contributed by atoms with Gasteiger partial charge in [-0.15, -0.1) is 0 Å². The number of ether oxygens (including phenoxy) is 3. The van der Waals surface area contributed by atoms with E-state index < -0.39 is 0 Å². The summed E-state index contributed by atoms with van der Waals surface area (Å²) in [6, 6.07) is 6.32. The topological polar surface area (TPSA) is 48.0 Å². The quantitative estimate of drug-likeness (QED) is 0.580. The molecule has 0 bridgehead atoms. The lowest BCUT2D eigenvalue weighted by Gasteiger charge is -2.30. The Morgan fingerprint density at radius 1 is 1.17 bits per heavy atom. The molecule has 0 unspecified atom stereocenters. The van der Waals surface area contributed by atoms with E-state index in [1.807, 2.05) is 0 Å². The van der Waals surface area contributed by atoms with Crippen LogP contribution in [-0.2, 0) is 0 Å². The number of halogens is 2. The molecule has 2 aromatic carbocycles. The predicted octanol–water partition coefficient (Wildman–Crippen LogP) is 5.03. The number of methoxy groups -OCH3 is 2. The van der Waals surface area contributed by atoms with E-state index in [4.69, 9.17) is 14.2 Å². The molecule has 7 heteroatoms. The van der Waals surface area contributed by atoms with Crippen LogP contribution in [0.3, 0.4) is 0 Å². The molecule has 2 aromatic rings. The molecule has 158 valence electrons. The number of hydrogen-bond acceptors (Lipinski definition) is 5. The average molecular weight is 476 g/mol. The number of carbonyl (C=O) groups excluding carboxylic acids is 1. The summed E-state index contributed by atoms with van der Waals surface area (Å²) in [4.78, 5) is 15.5. The van der Waals surface area contributed by atoms with Crippen molar-refractivity contribution in [3.05, 3.63) is 57.0 Å². The zero-order chi connectivity index (χ0) is 21.4. The largest absolute Gasteiger partial charge is 0.496 e. The molecular formula is C23H23BrFNO4. The van der Waals surface area contributed by atoms with Crippen LogP contribution in [0.15, 0.2) is 34.5 Å². The number of allylic oxidation sites excluding steroid dienone is 1. The minimum atomic E-state index is -0.366. The zero-order valence-electron chi connectivity index (χ0n) is 17.1. The Morgan fingerprint density at radius 3 is 2.50 bits per heavy atom. The molecule has 0 atom stereocenters. The Balaban J connectivity index is 1.80. The number of rotatable bonds is 4. The van der Waals surface area contributed by atoms with Gasteiger partial charge in [0, 0.05) is 11.6 Å². The Morgan fingerprint density at radius 2 is 1.87 bits per heavy atom. The van der Waals surface area contributed by atoms with Crippen LogP contribution in [0.5, 0.6) is 17.2 Å². The summed E-state index contributed by atoms with van der Waals surface area (Å²) in [7, 11) is 5.24. The van der Waals surface area contributed by atoms with Crippen LogP contribution in [0.2, 0.25) is 0 Å². The maximum absolute atomic E-state index is 13.6. The third-order valence-electron chi connectivity index (χ3n) is 5.72. The summed E-state index contributed by atoms with van der Waals surface area (Å²) in [6.07, 6.45) is 3.52. The Bertz CT molecular complexity index is 1030. The van der Waals surface area contributed by atoms with Gasteiger partial charge in [-0.3, -0.25) is 4.79 Å². The van der Waals surface area contributed by atoms with Gasteiger partial charge in [-0.25, -0.2) is 4.39 Å². The van der Waals surface area contributed by atoms with Crippen LogP contribution >= 0.6 is 15.9 Å². The number of likely N-dealkylation sites (tertiary alicyclic amines) is 1. The second-order valence-electron chi connectivity index (χ2n) is 7.59. The number of piperidine rings is 1. The first-order valence-electron chi connectivity index (χ1n) is 9.79. The molecule has 2 heterocycles. The van der Waals surface area contributed by atoms with Crippen molar-refractivity contribution in [3.8, 4) is 17.2 Å². The minimum absolute atomic E-state index is 0.184. The van der Waals surface area contributed by atoms with Gasteiger partial charge in [-0.1, -0.05) is 6.07 Å². The van der Waals surface area contributed by atoms with Gasteiger partial charge in [0.05, 0.1) is 18.7 Å². The number of Topliss-reactive ketones (excluding diaryl/α,β-unsaturated/α-hetero) is 1. The van der Waals surface area contributed by atoms with Gasteiger partial charge >= 0.3 is 0 Å². The molecule has 0 aromatic heterocycles. The van der Waals surface area contributed by atoms with Crippen LogP contribution < -0.4 is 14.2 Å². The molecule has 4 rings (SSSR count). The second kappa shape index (κ2) is 8.40. The third kappa shape index (κ3) is 3.72. The van der Waals surface area contributed by atoms with Gasteiger partial charge in [0.25, 0.3) is 0 Å². The number of hydrogen-bond donors (Lipinski definition) is 0. The van der Waals surface area contributed by atoms with Crippen LogP contribution in [-0.4, -0.2) is 45.0 Å². The lowest BCUT2D eigenvalue weighted by atomic mass is 9.86. The highest BCUT2D eigenvalue weighted by Gasteiger charge is 2.38. The number of benzene rings is 2. The van der Waals surface area contributed by atoms with Crippen LogP contribution in [0, 0.1) is 5.82 Å². The van der Waals surface area contributed by atoms with Crippen molar-refractivity contribution < 1.29 is 23.4 Å². The highest BCUT2D eigenvalue weighted by molar-refractivity contribution is 9.10. The number of ketones is 1. The Labute approximate surface area is 183 Å². The fraction of sp³-hybridized carbons (Fsp3) is 0.348. The van der Waals surface area contributed by atoms with Crippen molar-refractivity contribution in [2.24, 2.45) is 0 Å². The minimum Gasteiger partial charge on any atom is -0.496 e. The fourth-order valence-corrected chi connectivity index (χ4v) is 4.49. The van der Waals surface area contributed by atoms with Gasteiger partial charge in [0.2, 0.25) is 5.78 Å². The van der Waals surface area contributed by atoms with Gasteiger partial charge in [0.15, 0.2) is 5.76 Å². The maximum atomic E-state index is 13.6. The Kier molecular flexibility index (Phi) is 5.84. The highest BCUT2D eigenvalue weighted by atomic mass is 79.9. The summed E-state index contributed by atoms with van der Waals surface area (Å²) >= 11 is 3.18. The first kappa shape index (κ1) is 20.9. The second-order valence-corrected chi connectivity index (χ2v) is 8.44. The van der Waals surface area contributed by atoms with E-state index in [-0.39, 0.29) is 23.3 Å². The van der Waals surface area contributed by atoms with E-state index in [0.717, 1.165) is 31.5 Å². The van der Waals surface area contributed by atoms with Crippen molar-refractivity contribution in [2.45, 2.75) is 18.8 Å². The van der Waals surface area contributed by atoms with Crippen molar-refractivity contribution in [2.75, 3.05) is 34.4 Å². The SMILES string of the molecule is COc1cc(OC)c(C2CCN(C)CC2)c2c1C(=O)/C(=C/c1ccc(F)c(Br)c1)O2. The van der Waals surface area contributed by atoms with Crippen LogP contribution in [0.4, 0.5) is 4.39 Å². The summed E-state index contributed by atoms with van der Waals surface area (Å²) in [5.41, 5.74) is 1.99. The summed E-state index contributed by atoms with van der Waals surface area (Å²) in [5.74, 6) is 1.39. The first-order chi connectivity index (χ1) is 14.4. The van der Waals surface area contributed by atoms with E-state index in [1.54, 1.807) is 31.4 Å². The molecular weight excluding hydrogens is 453 g/mol. The number of carbonyl (C=O) groups is 1. The molecule has 0 N–H and O–H groups in total. The molecule has 1 saturated heterocycles. The molecule has 2 aliphatic rings. The lowest BCUT2D eigenvalue weighted by molar-refractivity contribution is 0.101. The number of fused-ring (bicyclic) bond motifs is 1. The summed E-state index contributed by atoms with van der Waals surface area (Å²) in [6.45, 7) is 1.93. The van der Waals surface area contributed by atoms with Gasteiger partial charge in [-0.2, -0.15) is 0 Å². The Hall–Kier alpha value is -2.38. The molecule has 0 spiro atoms. The predicted molar refractivity (Wildman–Crippen MR) is 116 cm³/mol. The van der Waals surface area contributed by atoms with E-state index in [2.05, 4.69) is 27.9 Å². The van der Waals surface area contributed by atoms with Crippen molar-refractivity contribution in [3.63, 3.8) is 0 Å². The molecule has 0 aliphatic carbocycles. The van der Waals surface area contributed by atoms with Gasteiger partial charge in [0.1, 0.15) is 28.6 Å². The summed E-state index contributed by atoms with van der Waals surface area (Å²) in [5, 5.41) is 0. The lowest BCUT2D eigenvalue weighted by Crippen LogP contribution is -2.29. The molecule has 30 heavy (non-hydrogen) atoms. The average Bonchev–Trinajstić information content (AvgIpc) is 3.06. The molecule has 1 fully saturated rings. The molecule has 0 saturated carbocycles.